The lowest BCUT2D eigenvalue weighted by atomic mass is 10.2. The number of benzene rings is 1. The molecule has 0 saturated heterocycles. The Bertz CT molecular complexity index is 368. The average molecular weight is 253 g/mol. The monoisotopic (exact) mass is 253 g/mol. The first-order valence-electron chi connectivity index (χ1n) is 5.77. The van der Waals surface area contributed by atoms with Crippen molar-refractivity contribution >= 4 is 5.91 Å². The Morgan fingerprint density at radius 1 is 1.22 bits per heavy atom. The second kappa shape index (κ2) is 8.49. The molecule has 0 fully saturated rings. The minimum Gasteiger partial charge on any atom is -0.497 e. The van der Waals surface area contributed by atoms with E-state index in [1.807, 2.05) is 0 Å². The molecule has 0 radical (unpaired) electrons. The molecule has 0 saturated carbocycles. The van der Waals surface area contributed by atoms with Gasteiger partial charge in [-0.3, -0.25) is 4.79 Å². The molecule has 5 heteroatoms. The first kappa shape index (κ1) is 14.5. The average Bonchev–Trinajstić information content (AvgIpc) is 2.42. The summed E-state index contributed by atoms with van der Waals surface area (Å²) >= 11 is 0. The topological polar surface area (TPSA) is 56.8 Å². The first-order valence-corrected chi connectivity index (χ1v) is 5.77. The summed E-state index contributed by atoms with van der Waals surface area (Å²) < 4.78 is 15.1. The van der Waals surface area contributed by atoms with Gasteiger partial charge in [-0.25, -0.2) is 0 Å². The lowest BCUT2D eigenvalue weighted by Gasteiger charge is -2.07. The van der Waals surface area contributed by atoms with Gasteiger partial charge in [0.1, 0.15) is 5.75 Å². The Labute approximate surface area is 107 Å². The molecule has 18 heavy (non-hydrogen) atoms. The van der Waals surface area contributed by atoms with Crippen LogP contribution < -0.4 is 10.1 Å². The van der Waals surface area contributed by atoms with Gasteiger partial charge in [0.15, 0.2) is 0 Å². The van der Waals surface area contributed by atoms with Crippen LogP contribution in [0, 0.1) is 0 Å². The molecule has 0 aliphatic heterocycles. The maximum Gasteiger partial charge on any atom is 0.251 e. The maximum atomic E-state index is 11.8. The number of rotatable bonds is 8. The summed E-state index contributed by atoms with van der Waals surface area (Å²) in [6.45, 7) is 2.04. The minimum atomic E-state index is -0.135. The van der Waals surface area contributed by atoms with Crippen LogP contribution in [-0.4, -0.2) is 46.5 Å². The highest BCUT2D eigenvalue weighted by Crippen LogP contribution is 2.12. The lowest BCUT2D eigenvalue weighted by Crippen LogP contribution is -2.27. The van der Waals surface area contributed by atoms with Crippen molar-refractivity contribution in [2.45, 2.75) is 0 Å². The van der Waals surface area contributed by atoms with Crippen molar-refractivity contribution in [3.05, 3.63) is 29.8 Å². The first-order chi connectivity index (χ1) is 8.77. The molecule has 1 N–H and O–H groups in total. The van der Waals surface area contributed by atoms with Crippen molar-refractivity contribution in [3.8, 4) is 5.75 Å². The van der Waals surface area contributed by atoms with E-state index < -0.39 is 0 Å². The van der Waals surface area contributed by atoms with E-state index in [1.54, 1.807) is 38.5 Å². The zero-order valence-electron chi connectivity index (χ0n) is 10.8. The molecule has 1 aromatic rings. The number of hydrogen-bond donors (Lipinski definition) is 1. The normalized spacial score (nSPS) is 10.1. The van der Waals surface area contributed by atoms with Crippen molar-refractivity contribution in [2.75, 3.05) is 40.6 Å². The fraction of sp³-hybridized carbons (Fsp3) is 0.462. The molecule has 1 rings (SSSR count). The second-order valence-electron chi connectivity index (χ2n) is 3.59. The molecule has 0 aromatic heterocycles. The second-order valence-corrected chi connectivity index (χ2v) is 3.59. The summed E-state index contributed by atoms with van der Waals surface area (Å²) in [6.07, 6.45) is 0. The van der Waals surface area contributed by atoms with Gasteiger partial charge in [-0.1, -0.05) is 6.07 Å². The van der Waals surface area contributed by atoms with Crippen molar-refractivity contribution in [1.82, 2.24) is 5.32 Å². The summed E-state index contributed by atoms with van der Waals surface area (Å²) in [5.74, 6) is 0.531. The van der Waals surface area contributed by atoms with Gasteiger partial charge in [0.2, 0.25) is 0 Å². The largest absolute Gasteiger partial charge is 0.497 e. The van der Waals surface area contributed by atoms with Gasteiger partial charge in [-0.2, -0.15) is 0 Å². The summed E-state index contributed by atoms with van der Waals surface area (Å²) in [7, 11) is 3.19. The van der Waals surface area contributed by atoms with E-state index in [4.69, 9.17) is 14.2 Å². The number of carbonyl (C=O) groups is 1. The maximum absolute atomic E-state index is 11.8. The fourth-order valence-electron chi connectivity index (χ4n) is 1.35. The number of ether oxygens (including phenoxy) is 3. The molecular formula is C13H19NO4. The van der Waals surface area contributed by atoms with Crippen LogP contribution in [0.5, 0.6) is 5.75 Å². The van der Waals surface area contributed by atoms with Gasteiger partial charge in [-0.15, -0.1) is 0 Å². The van der Waals surface area contributed by atoms with Gasteiger partial charge >= 0.3 is 0 Å². The molecule has 0 bridgehead atoms. The molecule has 0 atom stereocenters. The van der Waals surface area contributed by atoms with Crippen LogP contribution in [0.25, 0.3) is 0 Å². The highest BCUT2D eigenvalue weighted by atomic mass is 16.5. The number of amides is 1. The van der Waals surface area contributed by atoms with Crippen LogP contribution in [0.1, 0.15) is 10.4 Å². The lowest BCUT2D eigenvalue weighted by molar-refractivity contribution is 0.0692. The summed E-state index contributed by atoms with van der Waals surface area (Å²) in [4.78, 5) is 11.8. The van der Waals surface area contributed by atoms with Gasteiger partial charge in [0.05, 0.1) is 26.9 Å². The van der Waals surface area contributed by atoms with Gasteiger partial charge in [0, 0.05) is 19.2 Å². The third kappa shape index (κ3) is 5.16. The molecule has 1 amide bonds. The van der Waals surface area contributed by atoms with E-state index in [0.29, 0.717) is 37.7 Å². The van der Waals surface area contributed by atoms with Crippen LogP contribution in [-0.2, 0) is 9.47 Å². The van der Waals surface area contributed by atoms with E-state index in [2.05, 4.69) is 5.32 Å². The smallest absolute Gasteiger partial charge is 0.251 e. The van der Waals surface area contributed by atoms with E-state index in [1.165, 1.54) is 0 Å². The van der Waals surface area contributed by atoms with E-state index in [-0.39, 0.29) is 5.91 Å². The number of nitrogens with one attached hydrogen (secondary N) is 1. The summed E-state index contributed by atoms with van der Waals surface area (Å²) in [6, 6.07) is 7.01. The van der Waals surface area contributed by atoms with Crippen LogP contribution in [0.2, 0.25) is 0 Å². The zero-order valence-corrected chi connectivity index (χ0v) is 10.8. The van der Waals surface area contributed by atoms with E-state index >= 15 is 0 Å². The Balaban J connectivity index is 2.27. The van der Waals surface area contributed by atoms with Gasteiger partial charge in [-0.05, 0) is 18.2 Å². The number of carbonyl (C=O) groups excluding carboxylic acids is 1. The molecule has 0 unspecified atom stereocenters. The minimum absolute atomic E-state index is 0.135. The Morgan fingerprint density at radius 3 is 2.78 bits per heavy atom. The van der Waals surface area contributed by atoms with Crippen LogP contribution >= 0.6 is 0 Å². The molecule has 0 heterocycles. The number of methoxy groups -OCH3 is 2. The highest BCUT2D eigenvalue weighted by molar-refractivity contribution is 5.94. The molecule has 0 spiro atoms. The number of hydrogen-bond acceptors (Lipinski definition) is 4. The third-order valence-corrected chi connectivity index (χ3v) is 2.30. The fourth-order valence-corrected chi connectivity index (χ4v) is 1.35. The van der Waals surface area contributed by atoms with Crippen LogP contribution in [0.3, 0.4) is 0 Å². The standard InChI is InChI=1S/C13H19NO4/c1-16-8-9-18-7-6-14-13(15)11-4-3-5-12(10-11)17-2/h3-5,10H,6-9H2,1-2H3,(H,14,15). The Hall–Kier alpha value is -1.59. The van der Waals surface area contributed by atoms with Crippen molar-refractivity contribution in [2.24, 2.45) is 0 Å². The zero-order chi connectivity index (χ0) is 13.2. The summed E-state index contributed by atoms with van der Waals surface area (Å²) in [5, 5.41) is 2.77. The molecule has 5 nitrogen and oxygen atoms in total. The SMILES string of the molecule is COCCOCCNC(=O)c1cccc(OC)c1. The van der Waals surface area contributed by atoms with Gasteiger partial charge < -0.3 is 19.5 Å². The molecule has 1 aromatic carbocycles. The highest BCUT2D eigenvalue weighted by Gasteiger charge is 2.05. The molecule has 100 valence electrons. The van der Waals surface area contributed by atoms with Crippen LogP contribution in [0.4, 0.5) is 0 Å². The van der Waals surface area contributed by atoms with E-state index in [9.17, 15) is 4.79 Å². The third-order valence-electron chi connectivity index (χ3n) is 2.30. The van der Waals surface area contributed by atoms with Crippen LogP contribution in [0.15, 0.2) is 24.3 Å². The predicted octanol–water partition coefficient (Wildman–Crippen LogP) is 1.09. The van der Waals surface area contributed by atoms with Crippen molar-refractivity contribution in [3.63, 3.8) is 0 Å². The van der Waals surface area contributed by atoms with E-state index in [0.717, 1.165) is 0 Å². The van der Waals surface area contributed by atoms with Crippen molar-refractivity contribution < 1.29 is 19.0 Å². The Kier molecular flexibility index (Phi) is 6.83. The molecular weight excluding hydrogens is 234 g/mol. The summed E-state index contributed by atoms with van der Waals surface area (Å²) in [5.41, 5.74) is 0.575. The quantitative estimate of drug-likeness (QED) is 0.705. The Morgan fingerprint density at radius 2 is 2.06 bits per heavy atom. The van der Waals surface area contributed by atoms with Gasteiger partial charge in [0.25, 0.3) is 5.91 Å². The predicted molar refractivity (Wildman–Crippen MR) is 68.0 cm³/mol. The van der Waals surface area contributed by atoms with Crippen molar-refractivity contribution in [1.29, 1.82) is 0 Å². The molecule has 0 aliphatic carbocycles. The molecule has 0 aliphatic rings.